The van der Waals surface area contributed by atoms with Crippen molar-refractivity contribution in [1.82, 2.24) is 20.5 Å². The molecule has 4 atom stereocenters. The highest BCUT2D eigenvalue weighted by Gasteiger charge is 2.43. The van der Waals surface area contributed by atoms with Crippen LogP contribution < -0.4 is 25.8 Å². The quantitative estimate of drug-likeness (QED) is 0.284. The molecule has 0 saturated carbocycles. The largest absolute Gasteiger partial charge is 0.497 e. The van der Waals surface area contributed by atoms with Crippen molar-refractivity contribution in [1.29, 1.82) is 0 Å². The number of alkyl halides is 1. The lowest BCUT2D eigenvalue weighted by atomic mass is 10.1. The number of aromatic nitrogens is 1. The van der Waals surface area contributed by atoms with Crippen LogP contribution in [0.5, 0.6) is 11.5 Å². The van der Waals surface area contributed by atoms with Crippen molar-refractivity contribution in [2.75, 3.05) is 20.2 Å². The predicted octanol–water partition coefficient (Wildman–Crippen LogP) is 3.38. The summed E-state index contributed by atoms with van der Waals surface area (Å²) in [7, 11) is 1.57. The van der Waals surface area contributed by atoms with E-state index in [0.717, 1.165) is 5.56 Å². The molecule has 1 aliphatic heterocycles. The van der Waals surface area contributed by atoms with E-state index in [4.69, 9.17) is 36.5 Å². The van der Waals surface area contributed by atoms with Crippen molar-refractivity contribution in [2.24, 2.45) is 5.73 Å². The zero-order valence-corrected chi connectivity index (χ0v) is 26.6. The Morgan fingerprint density at radius 1 is 1.11 bits per heavy atom. The van der Waals surface area contributed by atoms with E-state index in [1.54, 1.807) is 40.0 Å². The van der Waals surface area contributed by atoms with Crippen LogP contribution in [-0.2, 0) is 19.1 Å². The Hall–Kier alpha value is -4.58. The van der Waals surface area contributed by atoms with Gasteiger partial charge in [-0.05, 0) is 39.8 Å². The van der Waals surface area contributed by atoms with Crippen molar-refractivity contribution in [3.05, 3.63) is 54.6 Å². The average molecular weight is 640 g/mol. The zero-order valence-electron chi connectivity index (χ0n) is 25.8. The molecule has 0 bridgehead atoms. The molecule has 4 rings (SSSR count). The summed E-state index contributed by atoms with van der Waals surface area (Å²) in [6.45, 7) is 6.19. The van der Waals surface area contributed by atoms with Crippen LogP contribution in [0.25, 0.3) is 22.2 Å². The molecule has 0 radical (unpaired) electrons. The molecule has 0 unspecified atom stereocenters. The maximum absolute atomic E-state index is 13.8. The normalized spacial score (nSPS) is 17.7. The third-order valence-electron chi connectivity index (χ3n) is 7.05. The van der Waals surface area contributed by atoms with Gasteiger partial charge in [0.05, 0.1) is 24.9 Å². The molecular weight excluding hydrogens is 602 g/mol. The summed E-state index contributed by atoms with van der Waals surface area (Å²) in [5.41, 5.74) is 7.06. The first kappa shape index (κ1) is 33.3. The Bertz CT molecular complexity index is 1560. The standard InChI is InChI=1S/C32H38ClN5O7/c1-18(33)29(40)35-16-25(37-31(42)45-32(2,3)4)30(41)38-17-21(14-26(38)28(34)39)44-27-15-23(19-9-7-6-8-10-19)36-24-13-20(43-5)11-12-22(24)27/h6-13,15,18,21,25-26H,14,16-17H2,1-5H3,(H2,34,39)(H,35,40)(H,37,42)/t18-,21-,25+,26+/m1/s1. The minimum absolute atomic E-state index is 0.0144. The summed E-state index contributed by atoms with van der Waals surface area (Å²) in [5.74, 6) is -0.802. The molecule has 4 amide bonds. The Morgan fingerprint density at radius 2 is 1.82 bits per heavy atom. The number of methoxy groups -OCH3 is 1. The number of likely N-dealkylation sites (tertiary alicyclic amines) is 1. The van der Waals surface area contributed by atoms with Gasteiger partial charge in [0, 0.05) is 36.0 Å². The van der Waals surface area contributed by atoms with Gasteiger partial charge in [-0.15, -0.1) is 11.6 Å². The van der Waals surface area contributed by atoms with Crippen molar-refractivity contribution in [2.45, 2.75) is 63.3 Å². The second-order valence-corrected chi connectivity index (χ2v) is 12.4. The SMILES string of the molecule is COc1ccc2c(O[C@@H]3C[C@@H](C(N)=O)N(C(=O)[C@H](CNC(=O)[C@@H](C)Cl)NC(=O)OC(C)(C)C)C3)cc(-c3ccccc3)nc2c1. The van der Waals surface area contributed by atoms with Gasteiger partial charge in [0.2, 0.25) is 17.7 Å². The number of ether oxygens (including phenoxy) is 3. The zero-order chi connectivity index (χ0) is 32.9. The van der Waals surface area contributed by atoms with E-state index < -0.39 is 53.0 Å². The minimum Gasteiger partial charge on any atom is -0.497 e. The molecule has 3 aromatic rings. The topological polar surface area (TPSA) is 162 Å². The van der Waals surface area contributed by atoms with Gasteiger partial charge >= 0.3 is 6.09 Å². The van der Waals surface area contributed by atoms with E-state index in [1.165, 1.54) is 11.8 Å². The Labute approximate surface area is 266 Å². The molecule has 12 nitrogen and oxygen atoms in total. The van der Waals surface area contributed by atoms with E-state index in [1.807, 2.05) is 42.5 Å². The fraction of sp³-hybridized carbons (Fsp3) is 0.406. The summed E-state index contributed by atoms with van der Waals surface area (Å²) in [6.07, 6.45) is -1.41. The third kappa shape index (κ3) is 8.53. The van der Waals surface area contributed by atoms with E-state index in [0.29, 0.717) is 28.1 Å². The van der Waals surface area contributed by atoms with Crippen LogP contribution >= 0.6 is 11.6 Å². The number of fused-ring (bicyclic) bond motifs is 1. The molecule has 0 spiro atoms. The van der Waals surface area contributed by atoms with E-state index >= 15 is 0 Å². The number of pyridine rings is 1. The van der Waals surface area contributed by atoms with Crippen molar-refractivity contribution in [3.8, 4) is 22.8 Å². The minimum atomic E-state index is -1.28. The Balaban J connectivity index is 1.62. The van der Waals surface area contributed by atoms with Gasteiger partial charge in [-0.1, -0.05) is 30.3 Å². The number of rotatable bonds is 10. The summed E-state index contributed by atoms with van der Waals surface area (Å²) < 4.78 is 17.2. The molecule has 45 heavy (non-hydrogen) atoms. The van der Waals surface area contributed by atoms with Crippen LogP contribution in [0.15, 0.2) is 54.6 Å². The number of hydrogen-bond donors (Lipinski definition) is 3. The number of nitrogens with zero attached hydrogens (tertiary/aromatic N) is 2. The number of benzene rings is 2. The summed E-state index contributed by atoms with van der Waals surface area (Å²) in [4.78, 5) is 57.3. The predicted molar refractivity (Wildman–Crippen MR) is 169 cm³/mol. The third-order valence-corrected chi connectivity index (χ3v) is 7.25. The number of nitrogens with two attached hydrogens (primary N) is 1. The number of hydrogen-bond acceptors (Lipinski definition) is 8. The van der Waals surface area contributed by atoms with Gasteiger partial charge in [0.25, 0.3) is 0 Å². The van der Waals surface area contributed by atoms with E-state index in [9.17, 15) is 19.2 Å². The number of nitrogens with one attached hydrogen (secondary N) is 2. The summed E-state index contributed by atoms with van der Waals surface area (Å²) in [6, 6.07) is 14.5. The molecule has 2 aromatic carbocycles. The summed E-state index contributed by atoms with van der Waals surface area (Å²) >= 11 is 5.87. The second kappa shape index (κ2) is 14.0. The molecule has 13 heteroatoms. The molecule has 0 aliphatic carbocycles. The van der Waals surface area contributed by atoms with Crippen molar-refractivity contribution >= 4 is 46.3 Å². The number of primary amides is 1. The van der Waals surface area contributed by atoms with Gasteiger partial charge in [0.1, 0.15) is 40.7 Å². The maximum atomic E-state index is 13.8. The van der Waals surface area contributed by atoms with Crippen molar-refractivity contribution < 1.29 is 33.4 Å². The summed E-state index contributed by atoms with van der Waals surface area (Å²) in [5, 5.41) is 4.89. The van der Waals surface area contributed by atoms with Crippen LogP contribution in [0.1, 0.15) is 34.1 Å². The number of halogens is 1. The fourth-order valence-corrected chi connectivity index (χ4v) is 5.00. The van der Waals surface area contributed by atoms with Crippen LogP contribution in [0.4, 0.5) is 4.79 Å². The van der Waals surface area contributed by atoms with Gasteiger partial charge in [0.15, 0.2) is 0 Å². The van der Waals surface area contributed by atoms with Gasteiger partial charge in [-0.2, -0.15) is 0 Å². The highest BCUT2D eigenvalue weighted by molar-refractivity contribution is 6.30. The van der Waals surface area contributed by atoms with Gasteiger partial charge in [-0.3, -0.25) is 14.4 Å². The molecule has 2 heterocycles. The number of carbonyl (C=O) groups is 4. The second-order valence-electron chi connectivity index (χ2n) is 11.7. The molecule has 1 saturated heterocycles. The highest BCUT2D eigenvalue weighted by Crippen LogP contribution is 2.34. The molecular formula is C32H38ClN5O7. The average Bonchev–Trinajstić information content (AvgIpc) is 3.42. The maximum Gasteiger partial charge on any atom is 0.408 e. The molecule has 240 valence electrons. The van der Waals surface area contributed by atoms with Crippen LogP contribution in [0, 0.1) is 0 Å². The first-order valence-corrected chi connectivity index (χ1v) is 14.9. The molecule has 1 aromatic heterocycles. The first-order chi connectivity index (χ1) is 21.3. The monoisotopic (exact) mass is 639 g/mol. The lowest BCUT2D eigenvalue weighted by Gasteiger charge is -2.29. The smallest absolute Gasteiger partial charge is 0.408 e. The van der Waals surface area contributed by atoms with E-state index in [2.05, 4.69) is 10.6 Å². The Morgan fingerprint density at radius 3 is 2.44 bits per heavy atom. The number of carbonyl (C=O) groups excluding carboxylic acids is 4. The highest BCUT2D eigenvalue weighted by atomic mass is 35.5. The Kier molecular flexibility index (Phi) is 10.4. The lowest BCUT2D eigenvalue weighted by molar-refractivity contribution is -0.139. The fourth-order valence-electron chi connectivity index (χ4n) is 4.93. The van der Waals surface area contributed by atoms with Gasteiger partial charge in [-0.25, -0.2) is 9.78 Å². The molecule has 4 N–H and O–H groups in total. The number of alkyl carbamates (subject to hydrolysis) is 1. The number of amides is 4. The van der Waals surface area contributed by atoms with Crippen LogP contribution in [0.2, 0.25) is 0 Å². The first-order valence-electron chi connectivity index (χ1n) is 14.5. The lowest BCUT2D eigenvalue weighted by Crippen LogP contribution is -2.57. The van der Waals surface area contributed by atoms with Gasteiger partial charge < -0.3 is 35.5 Å². The van der Waals surface area contributed by atoms with E-state index in [-0.39, 0.29) is 19.5 Å². The molecule has 1 fully saturated rings. The van der Waals surface area contributed by atoms with Crippen LogP contribution in [-0.4, -0.2) is 83.1 Å². The van der Waals surface area contributed by atoms with Crippen LogP contribution in [0.3, 0.4) is 0 Å². The molecule has 1 aliphatic rings. The van der Waals surface area contributed by atoms with Crippen molar-refractivity contribution in [3.63, 3.8) is 0 Å².